The van der Waals surface area contributed by atoms with Gasteiger partial charge in [-0.2, -0.15) is 13.8 Å². The number of hydrogen-bond donors (Lipinski definition) is 1. The highest BCUT2D eigenvalue weighted by molar-refractivity contribution is 4.99. The summed E-state index contributed by atoms with van der Waals surface area (Å²) in [6.45, 7) is 2.12. The Labute approximate surface area is 113 Å². The second-order valence-corrected chi connectivity index (χ2v) is 4.85. The molecule has 20 heavy (non-hydrogen) atoms. The number of nitrogens with zero attached hydrogens (tertiary/aromatic N) is 3. The average molecular weight is 296 g/mol. The van der Waals surface area contributed by atoms with Crippen molar-refractivity contribution in [3.63, 3.8) is 0 Å². The van der Waals surface area contributed by atoms with Gasteiger partial charge in [0.05, 0.1) is 6.04 Å². The zero-order valence-corrected chi connectivity index (χ0v) is 10.7. The molecule has 0 spiro atoms. The standard InChI is InChI=1S/C11H16F4N4O/c12-9(13)11(14,15)10-17-8(18-20-10)7(16)6-19-4-2-1-3-5-19/h7,9H,1-6,16H2. The molecule has 2 heterocycles. The minimum atomic E-state index is -4.45. The number of alkyl halides is 4. The van der Waals surface area contributed by atoms with Crippen LogP contribution in [0.4, 0.5) is 17.6 Å². The van der Waals surface area contributed by atoms with Gasteiger partial charge in [0, 0.05) is 6.54 Å². The molecule has 0 aliphatic carbocycles. The van der Waals surface area contributed by atoms with Gasteiger partial charge in [0.1, 0.15) is 0 Å². The fourth-order valence-corrected chi connectivity index (χ4v) is 2.12. The summed E-state index contributed by atoms with van der Waals surface area (Å²) in [4.78, 5) is 5.37. The van der Waals surface area contributed by atoms with Crippen molar-refractivity contribution in [1.29, 1.82) is 0 Å². The lowest BCUT2D eigenvalue weighted by Crippen LogP contribution is -2.36. The smallest absolute Gasteiger partial charge is 0.332 e. The van der Waals surface area contributed by atoms with Crippen LogP contribution in [0.1, 0.15) is 37.0 Å². The lowest BCUT2D eigenvalue weighted by atomic mass is 10.1. The molecule has 114 valence electrons. The van der Waals surface area contributed by atoms with E-state index in [2.05, 4.69) is 19.6 Å². The molecular weight excluding hydrogens is 280 g/mol. The molecule has 2 N–H and O–H groups in total. The molecule has 0 aromatic carbocycles. The molecule has 1 aromatic rings. The highest BCUT2D eigenvalue weighted by Gasteiger charge is 2.48. The molecule has 1 aromatic heterocycles. The van der Waals surface area contributed by atoms with Gasteiger partial charge in [0.25, 0.3) is 0 Å². The fraction of sp³-hybridized carbons (Fsp3) is 0.818. The Hall–Kier alpha value is -1.22. The molecule has 0 amide bonds. The van der Waals surface area contributed by atoms with Gasteiger partial charge in [-0.25, -0.2) is 8.78 Å². The third-order valence-corrected chi connectivity index (χ3v) is 3.24. The van der Waals surface area contributed by atoms with E-state index in [9.17, 15) is 17.6 Å². The lowest BCUT2D eigenvalue weighted by Gasteiger charge is -2.27. The second kappa shape index (κ2) is 6.04. The van der Waals surface area contributed by atoms with Gasteiger partial charge in [-0.1, -0.05) is 11.6 Å². The molecule has 5 nitrogen and oxygen atoms in total. The van der Waals surface area contributed by atoms with Crippen molar-refractivity contribution in [2.75, 3.05) is 19.6 Å². The van der Waals surface area contributed by atoms with Crippen LogP contribution < -0.4 is 5.73 Å². The third kappa shape index (κ3) is 3.26. The number of likely N-dealkylation sites (tertiary alicyclic amines) is 1. The van der Waals surface area contributed by atoms with Gasteiger partial charge in [0.2, 0.25) is 0 Å². The predicted octanol–water partition coefficient (Wildman–Crippen LogP) is 1.91. The van der Waals surface area contributed by atoms with E-state index in [-0.39, 0.29) is 5.82 Å². The molecule has 0 radical (unpaired) electrons. The van der Waals surface area contributed by atoms with E-state index < -0.39 is 24.3 Å². The molecule has 9 heteroatoms. The topological polar surface area (TPSA) is 68.2 Å². The Kier molecular flexibility index (Phi) is 4.59. The monoisotopic (exact) mass is 296 g/mol. The summed E-state index contributed by atoms with van der Waals surface area (Å²) in [7, 11) is 0. The first-order valence-electron chi connectivity index (χ1n) is 6.39. The van der Waals surface area contributed by atoms with E-state index in [1.165, 1.54) is 0 Å². The Morgan fingerprint density at radius 2 is 1.90 bits per heavy atom. The SMILES string of the molecule is NC(CN1CCCCC1)c1noc(C(F)(F)C(F)F)n1. The number of halogens is 4. The van der Waals surface area contributed by atoms with Crippen molar-refractivity contribution in [2.45, 2.75) is 37.7 Å². The quantitative estimate of drug-likeness (QED) is 0.841. The van der Waals surface area contributed by atoms with E-state index in [4.69, 9.17) is 5.73 Å². The Morgan fingerprint density at radius 3 is 2.50 bits per heavy atom. The van der Waals surface area contributed by atoms with Gasteiger partial charge >= 0.3 is 18.2 Å². The van der Waals surface area contributed by atoms with E-state index in [0.717, 1.165) is 32.4 Å². The van der Waals surface area contributed by atoms with E-state index in [1.807, 2.05) is 0 Å². The minimum absolute atomic E-state index is 0.175. The molecule has 2 rings (SSSR count). The Bertz CT molecular complexity index is 434. The molecule has 0 saturated carbocycles. The fourth-order valence-electron chi connectivity index (χ4n) is 2.12. The molecule has 1 atom stereocenters. The van der Waals surface area contributed by atoms with Crippen molar-refractivity contribution >= 4 is 0 Å². The first kappa shape index (κ1) is 15.2. The average Bonchev–Trinajstić information content (AvgIpc) is 2.90. The van der Waals surface area contributed by atoms with Crippen LogP contribution in [-0.4, -0.2) is 41.1 Å². The van der Waals surface area contributed by atoms with Crippen LogP contribution in [0.2, 0.25) is 0 Å². The molecule has 1 aliphatic heterocycles. The van der Waals surface area contributed by atoms with Gasteiger partial charge in [-0.3, -0.25) is 0 Å². The normalized spacial score (nSPS) is 19.5. The number of hydrogen-bond acceptors (Lipinski definition) is 5. The molecule has 1 fully saturated rings. The van der Waals surface area contributed by atoms with E-state index >= 15 is 0 Å². The van der Waals surface area contributed by atoms with Gasteiger partial charge in [0.15, 0.2) is 5.82 Å². The summed E-state index contributed by atoms with van der Waals surface area (Å²) in [5, 5.41) is 3.28. The van der Waals surface area contributed by atoms with E-state index in [0.29, 0.717) is 6.54 Å². The van der Waals surface area contributed by atoms with Crippen molar-refractivity contribution in [3.05, 3.63) is 11.7 Å². The van der Waals surface area contributed by atoms with Crippen LogP contribution in [0.3, 0.4) is 0 Å². The van der Waals surface area contributed by atoms with E-state index in [1.54, 1.807) is 0 Å². The summed E-state index contributed by atoms with van der Waals surface area (Å²) in [6, 6.07) is -0.737. The van der Waals surface area contributed by atoms with Crippen LogP contribution >= 0.6 is 0 Å². The summed E-state index contributed by atoms with van der Waals surface area (Å²) in [6.07, 6.45) is -0.644. The van der Waals surface area contributed by atoms with Crippen molar-refractivity contribution in [3.8, 4) is 0 Å². The van der Waals surface area contributed by atoms with Crippen LogP contribution in [0.25, 0.3) is 0 Å². The minimum Gasteiger partial charge on any atom is -0.332 e. The number of aromatic nitrogens is 2. The first-order valence-corrected chi connectivity index (χ1v) is 6.39. The Balaban J connectivity index is 2.00. The molecular formula is C11H16F4N4O. The first-order chi connectivity index (χ1) is 9.41. The number of piperidine rings is 1. The molecule has 1 saturated heterocycles. The highest BCUT2D eigenvalue weighted by Crippen LogP contribution is 2.33. The van der Waals surface area contributed by atoms with Gasteiger partial charge in [-0.15, -0.1) is 0 Å². The number of rotatable bonds is 5. The highest BCUT2D eigenvalue weighted by atomic mass is 19.3. The van der Waals surface area contributed by atoms with Crippen molar-refractivity contribution in [2.24, 2.45) is 5.73 Å². The third-order valence-electron chi connectivity index (χ3n) is 3.24. The summed E-state index contributed by atoms with van der Waals surface area (Å²) < 4.78 is 54.6. The molecule has 1 unspecified atom stereocenters. The maximum absolute atomic E-state index is 13.0. The maximum atomic E-state index is 13.0. The number of nitrogens with two attached hydrogens (primary N) is 1. The van der Waals surface area contributed by atoms with Gasteiger partial charge in [-0.05, 0) is 25.9 Å². The zero-order chi connectivity index (χ0) is 14.8. The van der Waals surface area contributed by atoms with Crippen LogP contribution in [0, 0.1) is 0 Å². The molecule has 0 bridgehead atoms. The van der Waals surface area contributed by atoms with Crippen molar-refractivity contribution in [1.82, 2.24) is 15.0 Å². The molecule has 1 aliphatic rings. The van der Waals surface area contributed by atoms with Crippen LogP contribution in [0.5, 0.6) is 0 Å². The zero-order valence-electron chi connectivity index (χ0n) is 10.7. The summed E-state index contributed by atoms with van der Waals surface area (Å²) >= 11 is 0. The largest absolute Gasteiger partial charge is 0.383 e. The second-order valence-electron chi connectivity index (χ2n) is 4.85. The summed E-state index contributed by atoms with van der Waals surface area (Å²) in [5.74, 6) is -6.02. The van der Waals surface area contributed by atoms with Crippen LogP contribution in [-0.2, 0) is 5.92 Å². The van der Waals surface area contributed by atoms with Gasteiger partial charge < -0.3 is 15.2 Å². The Morgan fingerprint density at radius 1 is 1.25 bits per heavy atom. The summed E-state index contributed by atoms with van der Waals surface area (Å²) in [5.41, 5.74) is 5.80. The van der Waals surface area contributed by atoms with Crippen molar-refractivity contribution < 1.29 is 22.1 Å². The predicted molar refractivity (Wildman–Crippen MR) is 61.4 cm³/mol. The lowest BCUT2D eigenvalue weighted by molar-refractivity contribution is -0.152. The van der Waals surface area contributed by atoms with Crippen LogP contribution in [0.15, 0.2) is 4.52 Å². The maximum Gasteiger partial charge on any atom is 0.383 e.